The molecule has 0 aliphatic heterocycles. The zero-order chi connectivity index (χ0) is 38.3. The molecule has 9 aliphatic carbocycles. The largest absolute Gasteiger partial charge is 0.346 e. The van der Waals surface area contributed by atoms with Gasteiger partial charge in [0.1, 0.15) is 0 Å². The zero-order valence-electron chi connectivity index (χ0n) is 34.6. The van der Waals surface area contributed by atoms with Crippen molar-refractivity contribution in [3.05, 3.63) is 184 Å². The van der Waals surface area contributed by atoms with Gasteiger partial charge in [0.25, 0.3) is 0 Å². The van der Waals surface area contributed by atoms with Crippen molar-refractivity contribution in [2.24, 2.45) is 17.8 Å². The second kappa shape index (κ2) is 15.9. The SMILES string of the molecule is C[Si](C)C1C=C(N(C2=CC=C(C3=CC=CC4CCC=CC34)CC2)C2CC=C(C3(C4=CC=CCC4)C4=C(CCC=C4)c4ccccc43)CC2)CCC1C1=CCCC=C1. The molecule has 291 valence electrons. The molecule has 0 heterocycles. The minimum absolute atomic E-state index is 0.121. The fourth-order valence-corrected chi connectivity index (χ4v) is 14.2. The molecule has 6 atom stereocenters. The minimum Gasteiger partial charge on any atom is -0.346 e. The first-order chi connectivity index (χ1) is 28.1. The van der Waals surface area contributed by atoms with Crippen molar-refractivity contribution >= 4 is 14.4 Å². The van der Waals surface area contributed by atoms with Gasteiger partial charge >= 0.3 is 0 Å². The smallest absolute Gasteiger partial charge is 0.0633 e. The van der Waals surface area contributed by atoms with E-state index < -0.39 is 8.80 Å². The summed E-state index contributed by atoms with van der Waals surface area (Å²) in [6.45, 7) is 5.14. The first-order valence-electron chi connectivity index (χ1n) is 22.8. The molecule has 1 aromatic rings. The van der Waals surface area contributed by atoms with E-state index in [1.807, 2.05) is 0 Å². The molecule has 0 saturated heterocycles. The van der Waals surface area contributed by atoms with Crippen LogP contribution >= 0.6 is 0 Å². The van der Waals surface area contributed by atoms with Gasteiger partial charge in [0.15, 0.2) is 0 Å². The number of hydrogen-bond acceptors (Lipinski definition) is 1. The molecular weight excluding hydrogens is 703 g/mol. The van der Waals surface area contributed by atoms with E-state index in [9.17, 15) is 0 Å². The zero-order valence-corrected chi connectivity index (χ0v) is 35.6. The van der Waals surface area contributed by atoms with Crippen LogP contribution in [0.3, 0.4) is 0 Å². The molecule has 57 heavy (non-hydrogen) atoms. The molecule has 2 heteroatoms. The van der Waals surface area contributed by atoms with E-state index in [0.29, 0.717) is 29.3 Å². The minimum atomic E-state index is -0.535. The van der Waals surface area contributed by atoms with Crippen LogP contribution in [0.5, 0.6) is 0 Å². The topological polar surface area (TPSA) is 3.24 Å². The van der Waals surface area contributed by atoms with Gasteiger partial charge in [0.05, 0.1) is 5.41 Å². The summed E-state index contributed by atoms with van der Waals surface area (Å²) in [5, 5.41) is 0. The van der Waals surface area contributed by atoms with Crippen LogP contribution in [-0.4, -0.2) is 19.7 Å². The van der Waals surface area contributed by atoms with Gasteiger partial charge in [-0.25, -0.2) is 0 Å². The Labute approximate surface area is 345 Å². The van der Waals surface area contributed by atoms with Crippen LogP contribution in [-0.2, 0) is 5.41 Å². The number of rotatable bonds is 8. The fraction of sp³-hybridized carbons (Fsp3) is 0.418. The third-order valence-electron chi connectivity index (χ3n) is 15.2. The normalized spacial score (nSPS) is 31.7. The maximum atomic E-state index is 2.93. The summed E-state index contributed by atoms with van der Waals surface area (Å²) in [5.74, 6) is 1.89. The predicted octanol–water partition coefficient (Wildman–Crippen LogP) is 14.5. The van der Waals surface area contributed by atoms with E-state index in [2.05, 4.69) is 146 Å². The van der Waals surface area contributed by atoms with Crippen molar-refractivity contribution in [3.63, 3.8) is 0 Å². The second-order valence-corrected chi connectivity index (χ2v) is 21.3. The molecule has 0 N–H and O–H groups in total. The Morgan fingerprint density at radius 3 is 2.40 bits per heavy atom. The lowest BCUT2D eigenvalue weighted by Gasteiger charge is -2.46. The molecule has 0 fully saturated rings. The Morgan fingerprint density at radius 2 is 1.60 bits per heavy atom. The van der Waals surface area contributed by atoms with Crippen molar-refractivity contribution in [2.45, 2.75) is 126 Å². The van der Waals surface area contributed by atoms with Crippen LogP contribution in [0.15, 0.2) is 172 Å². The van der Waals surface area contributed by atoms with Gasteiger partial charge in [-0.2, -0.15) is 0 Å². The Hall–Kier alpha value is -4.14. The van der Waals surface area contributed by atoms with Crippen molar-refractivity contribution in [1.82, 2.24) is 4.90 Å². The van der Waals surface area contributed by atoms with Gasteiger partial charge in [0, 0.05) is 32.2 Å². The lowest BCUT2D eigenvalue weighted by Crippen LogP contribution is -2.40. The van der Waals surface area contributed by atoms with E-state index in [0.717, 1.165) is 51.4 Å². The molecule has 0 spiro atoms. The summed E-state index contributed by atoms with van der Waals surface area (Å²) in [6.07, 6.45) is 60.2. The first-order valence-corrected chi connectivity index (χ1v) is 25.4. The molecule has 6 unspecified atom stereocenters. The van der Waals surface area contributed by atoms with Gasteiger partial charge in [-0.15, -0.1) is 0 Å². The average molecular weight is 765 g/mol. The monoisotopic (exact) mass is 764 g/mol. The fourth-order valence-electron chi connectivity index (χ4n) is 12.5. The molecule has 0 saturated carbocycles. The van der Waals surface area contributed by atoms with E-state index in [1.165, 1.54) is 50.5 Å². The highest BCUT2D eigenvalue weighted by molar-refractivity contribution is 6.58. The van der Waals surface area contributed by atoms with E-state index >= 15 is 0 Å². The number of nitrogens with zero attached hydrogens (tertiary/aromatic N) is 1. The van der Waals surface area contributed by atoms with Crippen molar-refractivity contribution in [1.29, 1.82) is 0 Å². The molecule has 1 radical (unpaired) electrons. The average Bonchev–Trinajstić information content (AvgIpc) is 3.58. The summed E-state index contributed by atoms with van der Waals surface area (Å²) in [6, 6.07) is 9.98. The standard InChI is InChI=1S/C55H62NSi/c1-57(2)54-38-46(36-37-49(54)40-16-5-3-6-17-40)56(44-32-28-41(29-33-44)48-25-15-19-39-18-9-10-22-47(39)48)45-34-30-43(31-35-45)55(42-20-7-4-8-21-42)52-26-13-11-23-50(52)51-24-12-14-27-53(51)55/h4-5,7,10-11,13-17,19-20,22-23,25-28,30,32,38-39,45,47,49,54H,3,6,8-9,12,18,21,24,29,31,33-37H2,1-2H3. The molecule has 1 nitrogen and oxygen atoms in total. The molecule has 0 aromatic heterocycles. The lowest BCUT2D eigenvalue weighted by molar-refractivity contribution is 0.258. The molecule has 0 amide bonds. The maximum absolute atomic E-state index is 2.93. The third-order valence-corrected chi connectivity index (χ3v) is 17.1. The van der Waals surface area contributed by atoms with Crippen molar-refractivity contribution in [2.75, 3.05) is 0 Å². The number of allylic oxidation sites excluding steroid dienone is 25. The first kappa shape index (κ1) is 37.1. The molecule has 9 aliphatic rings. The summed E-state index contributed by atoms with van der Waals surface area (Å²) in [5.41, 5.74) is 18.0. The van der Waals surface area contributed by atoms with Crippen LogP contribution < -0.4 is 0 Å². The van der Waals surface area contributed by atoms with Crippen LogP contribution in [0.1, 0.15) is 107 Å². The van der Waals surface area contributed by atoms with Crippen LogP contribution in [0.25, 0.3) is 5.57 Å². The summed E-state index contributed by atoms with van der Waals surface area (Å²) in [7, 11) is -0.535. The molecule has 10 rings (SSSR count). The lowest BCUT2D eigenvalue weighted by atomic mass is 9.61. The van der Waals surface area contributed by atoms with Crippen LogP contribution in [0.2, 0.25) is 18.6 Å². The highest BCUT2D eigenvalue weighted by atomic mass is 28.3. The predicted molar refractivity (Wildman–Crippen MR) is 244 cm³/mol. The van der Waals surface area contributed by atoms with Gasteiger partial charge in [0.2, 0.25) is 0 Å². The Balaban J connectivity index is 1.03. The quantitative estimate of drug-likeness (QED) is 0.188. The van der Waals surface area contributed by atoms with Gasteiger partial charge in [-0.3, -0.25) is 0 Å². The third kappa shape index (κ3) is 6.59. The van der Waals surface area contributed by atoms with E-state index in [1.54, 1.807) is 56.0 Å². The second-order valence-electron chi connectivity index (χ2n) is 18.5. The Morgan fingerprint density at radius 1 is 0.684 bits per heavy atom. The molecule has 0 bridgehead atoms. The van der Waals surface area contributed by atoms with Gasteiger partial charge in [-0.05, 0) is 159 Å². The highest BCUT2D eigenvalue weighted by Gasteiger charge is 2.50. The number of hydrogen-bond donors (Lipinski definition) is 0. The molecular formula is C55H62NSi. The Bertz CT molecular complexity index is 2200. The number of fused-ring (bicyclic) bond motifs is 3. The van der Waals surface area contributed by atoms with Gasteiger partial charge in [-0.1, -0.05) is 146 Å². The highest BCUT2D eigenvalue weighted by Crippen LogP contribution is 2.60. The van der Waals surface area contributed by atoms with E-state index in [-0.39, 0.29) is 5.41 Å². The summed E-state index contributed by atoms with van der Waals surface area (Å²) >= 11 is 0. The van der Waals surface area contributed by atoms with Gasteiger partial charge < -0.3 is 4.90 Å². The van der Waals surface area contributed by atoms with Crippen LogP contribution in [0.4, 0.5) is 0 Å². The number of benzene rings is 1. The van der Waals surface area contributed by atoms with E-state index in [4.69, 9.17) is 0 Å². The maximum Gasteiger partial charge on any atom is 0.0633 e. The van der Waals surface area contributed by atoms with Crippen LogP contribution in [0, 0.1) is 17.8 Å². The molecule has 1 aromatic carbocycles. The summed E-state index contributed by atoms with van der Waals surface area (Å²) < 4.78 is 0. The Kier molecular flexibility index (Phi) is 10.4. The van der Waals surface area contributed by atoms with Crippen molar-refractivity contribution in [3.8, 4) is 0 Å². The van der Waals surface area contributed by atoms with Crippen molar-refractivity contribution < 1.29 is 0 Å². The summed E-state index contributed by atoms with van der Waals surface area (Å²) in [4.78, 5) is 2.93.